The molecule has 196 valence electrons. The van der Waals surface area contributed by atoms with Crippen molar-refractivity contribution in [1.29, 1.82) is 0 Å². The monoisotopic (exact) mass is 484 g/mol. The van der Waals surface area contributed by atoms with E-state index in [4.69, 9.17) is 18.9 Å². The summed E-state index contributed by atoms with van der Waals surface area (Å²) >= 11 is 0. The average molecular weight is 485 g/mol. The molecule has 0 aliphatic carbocycles. The summed E-state index contributed by atoms with van der Waals surface area (Å²) in [6.07, 6.45) is 16.8. The normalized spacial score (nSPS) is 12.5. The highest BCUT2D eigenvalue weighted by Gasteiger charge is 2.24. The molecule has 0 atom stereocenters. The van der Waals surface area contributed by atoms with E-state index in [1.54, 1.807) is 28.4 Å². The van der Waals surface area contributed by atoms with Gasteiger partial charge >= 0.3 is 0 Å². The average Bonchev–Trinajstić information content (AvgIpc) is 2.81. The van der Waals surface area contributed by atoms with Gasteiger partial charge in [-0.1, -0.05) is 46.6 Å². The molecule has 0 aliphatic heterocycles. The van der Waals surface area contributed by atoms with Gasteiger partial charge in [0, 0.05) is 11.1 Å². The Bertz CT molecular complexity index is 928. The van der Waals surface area contributed by atoms with Crippen LogP contribution in [-0.2, 0) is 6.42 Å². The number of methoxy groups -OCH3 is 4. The molecule has 1 aromatic carbocycles. The molecule has 0 N–H and O–H groups in total. The summed E-state index contributed by atoms with van der Waals surface area (Å²) in [6, 6.07) is 0. The molecule has 0 saturated heterocycles. The lowest BCUT2D eigenvalue weighted by Gasteiger charge is -2.21. The van der Waals surface area contributed by atoms with E-state index in [1.807, 2.05) is 6.92 Å². The third-order valence-corrected chi connectivity index (χ3v) is 6.31. The number of hydrogen-bond acceptors (Lipinski definition) is 4. The zero-order chi connectivity index (χ0) is 26.4. The van der Waals surface area contributed by atoms with Gasteiger partial charge in [0.1, 0.15) is 0 Å². The molecule has 0 saturated carbocycles. The van der Waals surface area contributed by atoms with Gasteiger partial charge in [0.05, 0.1) is 28.4 Å². The van der Waals surface area contributed by atoms with Crippen molar-refractivity contribution in [3.63, 3.8) is 0 Å². The summed E-state index contributed by atoms with van der Waals surface area (Å²) in [5.74, 6) is 2.52. The van der Waals surface area contributed by atoms with Crippen LogP contribution in [0.4, 0.5) is 0 Å². The van der Waals surface area contributed by atoms with E-state index in [0.717, 1.165) is 56.1 Å². The lowest BCUT2D eigenvalue weighted by molar-refractivity contribution is 0.302. The van der Waals surface area contributed by atoms with Crippen molar-refractivity contribution in [3.05, 3.63) is 57.7 Å². The Labute approximate surface area is 214 Å². The van der Waals surface area contributed by atoms with Gasteiger partial charge in [-0.3, -0.25) is 0 Å². The Morgan fingerprint density at radius 1 is 0.543 bits per heavy atom. The van der Waals surface area contributed by atoms with E-state index in [0.29, 0.717) is 23.0 Å². The van der Waals surface area contributed by atoms with Crippen LogP contribution in [0.1, 0.15) is 84.3 Å². The summed E-state index contributed by atoms with van der Waals surface area (Å²) in [5.41, 5.74) is 7.78. The third-order valence-electron chi connectivity index (χ3n) is 6.31. The lowest BCUT2D eigenvalue weighted by Crippen LogP contribution is -2.04. The van der Waals surface area contributed by atoms with Crippen LogP contribution in [0.25, 0.3) is 0 Å². The van der Waals surface area contributed by atoms with Crippen molar-refractivity contribution in [3.8, 4) is 23.0 Å². The Balaban J connectivity index is 2.74. The van der Waals surface area contributed by atoms with E-state index >= 15 is 0 Å². The molecular formula is C31H48O4. The fraction of sp³-hybridized carbons (Fsp3) is 0.548. The summed E-state index contributed by atoms with van der Waals surface area (Å²) < 4.78 is 22.5. The molecule has 4 nitrogen and oxygen atoms in total. The van der Waals surface area contributed by atoms with Crippen molar-refractivity contribution >= 4 is 0 Å². The van der Waals surface area contributed by atoms with Crippen LogP contribution in [-0.4, -0.2) is 28.4 Å². The van der Waals surface area contributed by atoms with Gasteiger partial charge in [0.25, 0.3) is 0 Å². The molecule has 1 aromatic rings. The van der Waals surface area contributed by atoms with Crippen LogP contribution in [0.5, 0.6) is 23.0 Å². The molecule has 0 fully saturated rings. The molecule has 0 radical (unpaired) electrons. The first-order chi connectivity index (χ1) is 16.7. The van der Waals surface area contributed by atoms with Crippen LogP contribution in [0.15, 0.2) is 46.6 Å². The Hall–Kier alpha value is -2.62. The quantitative estimate of drug-likeness (QED) is 0.233. The fourth-order valence-electron chi connectivity index (χ4n) is 4.16. The largest absolute Gasteiger partial charge is 0.492 e. The van der Waals surface area contributed by atoms with Crippen molar-refractivity contribution in [2.75, 3.05) is 28.4 Å². The van der Waals surface area contributed by atoms with Crippen LogP contribution < -0.4 is 18.9 Å². The Morgan fingerprint density at radius 2 is 0.943 bits per heavy atom. The minimum atomic E-state index is 0.562. The zero-order valence-electron chi connectivity index (χ0n) is 23.9. The third kappa shape index (κ3) is 9.87. The highest BCUT2D eigenvalue weighted by Crippen LogP contribution is 2.49. The number of hydrogen-bond donors (Lipinski definition) is 0. The second-order valence-electron chi connectivity index (χ2n) is 9.49. The zero-order valence-corrected chi connectivity index (χ0v) is 23.9. The van der Waals surface area contributed by atoms with E-state index in [9.17, 15) is 0 Å². The highest BCUT2D eigenvalue weighted by atomic mass is 16.5. The van der Waals surface area contributed by atoms with Gasteiger partial charge in [0.15, 0.2) is 11.5 Å². The molecule has 0 spiro atoms. The predicted octanol–water partition coefficient (Wildman–Crippen LogP) is 8.72. The summed E-state index contributed by atoms with van der Waals surface area (Å²) in [5, 5.41) is 0. The summed E-state index contributed by atoms with van der Waals surface area (Å²) in [4.78, 5) is 0. The van der Waals surface area contributed by atoms with Gasteiger partial charge in [-0.2, -0.15) is 0 Å². The second kappa shape index (κ2) is 16.1. The molecular weight excluding hydrogens is 436 g/mol. The van der Waals surface area contributed by atoms with E-state index in [1.165, 1.54) is 22.3 Å². The first kappa shape index (κ1) is 30.4. The molecule has 4 heteroatoms. The van der Waals surface area contributed by atoms with Gasteiger partial charge in [-0.05, 0) is 86.5 Å². The maximum Gasteiger partial charge on any atom is 0.207 e. The molecule has 0 amide bonds. The van der Waals surface area contributed by atoms with Gasteiger partial charge in [-0.25, -0.2) is 0 Å². The lowest BCUT2D eigenvalue weighted by atomic mass is 9.99. The molecule has 0 aliphatic rings. The topological polar surface area (TPSA) is 36.9 Å². The smallest absolute Gasteiger partial charge is 0.207 e. The molecule has 0 heterocycles. The number of ether oxygens (including phenoxy) is 4. The van der Waals surface area contributed by atoms with Crippen molar-refractivity contribution < 1.29 is 18.9 Å². The van der Waals surface area contributed by atoms with Gasteiger partial charge in [0.2, 0.25) is 11.5 Å². The van der Waals surface area contributed by atoms with Crippen LogP contribution >= 0.6 is 0 Å². The molecule has 35 heavy (non-hydrogen) atoms. The highest BCUT2D eigenvalue weighted by molar-refractivity contribution is 5.67. The minimum absolute atomic E-state index is 0.562. The summed E-state index contributed by atoms with van der Waals surface area (Å²) in [7, 11) is 6.55. The van der Waals surface area contributed by atoms with E-state index in [-0.39, 0.29) is 0 Å². The first-order valence-electron chi connectivity index (χ1n) is 12.7. The molecule has 0 bridgehead atoms. The Kier molecular flexibility index (Phi) is 14.0. The van der Waals surface area contributed by atoms with Crippen LogP contribution in [0, 0.1) is 6.92 Å². The molecule has 1 rings (SSSR count). The van der Waals surface area contributed by atoms with E-state index in [2.05, 4.69) is 58.9 Å². The SMILES string of the molecule is COc1c(C)c(CC=C(C)CCC=C(C)CCC=C(C)CCC=C(C)C)c(OC)c(OC)c1OC. The van der Waals surface area contributed by atoms with Crippen LogP contribution in [0.3, 0.4) is 0 Å². The number of allylic oxidation sites excluding steroid dienone is 8. The van der Waals surface area contributed by atoms with E-state index < -0.39 is 0 Å². The first-order valence-corrected chi connectivity index (χ1v) is 12.7. The standard InChI is InChI=1S/C31H48O4/c1-22(2)14-11-15-23(3)16-12-17-24(4)18-13-19-25(5)20-21-27-26(6)28(32-7)30(34-9)31(35-10)29(27)33-8/h14,16,18,20H,11-13,15,17,19,21H2,1-10H3. The van der Waals surface area contributed by atoms with Crippen molar-refractivity contribution in [2.24, 2.45) is 0 Å². The Morgan fingerprint density at radius 3 is 1.37 bits per heavy atom. The van der Waals surface area contributed by atoms with Gasteiger partial charge in [-0.15, -0.1) is 0 Å². The maximum absolute atomic E-state index is 5.71. The molecule has 0 unspecified atom stereocenters. The number of benzene rings is 1. The fourth-order valence-corrected chi connectivity index (χ4v) is 4.16. The van der Waals surface area contributed by atoms with Crippen molar-refractivity contribution in [2.45, 2.75) is 86.5 Å². The molecule has 0 aromatic heterocycles. The van der Waals surface area contributed by atoms with Gasteiger partial charge < -0.3 is 18.9 Å². The minimum Gasteiger partial charge on any atom is -0.492 e. The predicted molar refractivity (Wildman–Crippen MR) is 149 cm³/mol. The van der Waals surface area contributed by atoms with Crippen molar-refractivity contribution in [1.82, 2.24) is 0 Å². The second-order valence-corrected chi connectivity index (χ2v) is 9.49. The number of rotatable bonds is 15. The maximum atomic E-state index is 5.71. The van der Waals surface area contributed by atoms with Crippen LogP contribution in [0.2, 0.25) is 0 Å². The summed E-state index contributed by atoms with van der Waals surface area (Å²) in [6.45, 7) is 13.0.